The van der Waals surface area contributed by atoms with Gasteiger partial charge in [0.2, 0.25) is 0 Å². The molecule has 0 spiro atoms. The molecule has 1 N–H and O–H groups in total. The molecular formula is C16H15ClO2. The first-order chi connectivity index (χ1) is 9.24. The molecule has 1 aliphatic heterocycles. The monoisotopic (exact) mass is 274 g/mol. The van der Waals surface area contributed by atoms with Crippen LogP contribution in [0.4, 0.5) is 0 Å². The van der Waals surface area contributed by atoms with Gasteiger partial charge >= 0.3 is 0 Å². The number of fused-ring (bicyclic) bond motifs is 1. The quantitative estimate of drug-likeness (QED) is 0.906. The molecule has 19 heavy (non-hydrogen) atoms. The van der Waals surface area contributed by atoms with Gasteiger partial charge in [-0.15, -0.1) is 0 Å². The van der Waals surface area contributed by atoms with Crippen LogP contribution in [-0.2, 0) is 6.42 Å². The van der Waals surface area contributed by atoms with Crippen LogP contribution in [0.25, 0.3) is 0 Å². The number of benzene rings is 2. The summed E-state index contributed by atoms with van der Waals surface area (Å²) >= 11 is 5.97. The van der Waals surface area contributed by atoms with Crippen molar-refractivity contribution in [3.63, 3.8) is 0 Å². The minimum absolute atomic E-state index is 0.0633. The maximum Gasteiger partial charge on any atom is 0.122 e. The van der Waals surface area contributed by atoms with E-state index in [4.69, 9.17) is 16.3 Å². The Morgan fingerprint density at radius 2 is 2.00 bits per heavy atom. The fraction of sp³-hybridized carbons (Fsp3) is 0.250. The summed E-state index contributed by atoms with van der Waals surface area (Å²) in [4.78, 5) is 0. The second-order valence-corrected chi connectivity index (χ2v) is 5.32. The van der Waals surface area contributed by atoms with Gasteiger partial charge < -0.3 is 9.84 Å². The predicted octanol–water partition coefficient (Wildman–Crippen LogP) is 3.62. The Morgan fingerprint density at radius 3 is 2.84 bits per heavy atom. The van der Waals surface area contributed by atoms with Crippen LogP contribution in [0.1, 0.15) is 17.2 Å². The molecule has 98 valence electrons. The summed E-state index contributed by atoms with van der Waals surface area (Å²) in [5, 5.41) is 11.1. The second-order valence-electron chi connectivity index (χ2n) is 4.88. The van der Waals surface area contributed by atoms with Gasteiger partial charge in [-0.3, -0.25) is 0 Å². The van der Waals surface area contributed by atoms with Gasteiger partial charge in [0.05, 0.1) is 12.7 Å². The molecule has 2 atom stereocenters. The second kappa shape index (κ2) is 5.24. The van der Waals surface area contributed by atoms with Crippen molar-refractivity contribution in [2.24, 2.45) is 5.92 Å². The Balaban J connectivity index is 1.81. The largest absolute Gasteiger partial charge is 0.493 e. The van der Waals surface area contributed by atoms with Crippen LogP contribution in [0.2, 0.25) is 5.02 Å². The number of para-hydroxylation sites is 1. The van der Waals surface area contributed by atoms with E-state index in [2.05, 4.69) is 0 Å². The van der Waals surface area contributed by atoms with Crippen LogP contribution < -0.4 is 4.74 Å². The molecule has 3 rings (SSSR count). The van der Waals surface area contributed by atoms with Crippen molar-refractivity contribution in [3.05, 3.63) is 64.7 Å². The molecule has 2 unspecified atom stereocenters. The average Bonchev–Trinajstić information content (AvgIpc) is 2.46. The predicted molar refractivity (Wildman–Crippen MR) is 75.5 cm³/mol. The first-order valence-electron chi connectivity index (χ1n) is 6.38. The third-order valence-corrected chi connectivity index (χ3v) is 3.78. The van der Waals surface area contributed by atoms with Gasteiger partial charge in [-0.05, 0) is 35.7 Å². The Bertz CT molecular complexity index is 582. The van der Waals surface area contributed by atoms with Gasteiger partial charge in [0.1, 0.15) is 5.75 Å². The van der Waals surface area contributed by atoms with Crippen LogP contribution >= 0.6 is 11.6 Å². The highest BCUT2D eigenvalue weighted by atomic mass is 35.5. The van der Waals surface area contributed by atoms with Gasteiger partial charge in [-0.1, -0.05) is 41.9 Å². The molecule has 2 aromatic rings. The minimum Gasteiger partial charge on any atom is -0.493 e. The van der Waals surface area contributed by atoms with Crippen LogP contribution in [0, 0.1) is 5.92 Å². The summed E-state index contributed by atoms with van der Waals surface area (Å²) in [6, 6.07) is 15.4. The van der Waals surface area contributed by atoms with Crippen LogP contribution in [0.5, 0.6) is 5.75 Å². The topological polar surface area (TPSA) is 29.5 Å². The molecule has 0 saturated carbocycles. The lowest BCUT2D eigenvalue weighted by Gasteiger charge is -2.29. The van der Waals surface area contributed by atoms with E-state index in [-0.39, 0.29) is 5.92 Å². The minimum atomic E-state index is -0.549. The lowest BCUT2D eigenvalue weighted by Crippen LogP contribution is -2.26. The van der Waals surface area contributed by atoms with E-state index < -0.39 is 6.10 Å². The average molecular weight is 275 g/mol. The van der Waals surface area contributed by atoms with E-state index >= 15 is 0 Å². The molecule has 3 heteroatoms. The van der Waals surface area contributed by atoms with E-state index in [1.54, 1.807) is 0 Å². The molecule has 1 aliphatic rings. The summed E-state index contributed by atoms with van der Waals surface area (Å²) in [7, 11) is 0. The third kappa shape index (κ3) is 2.60. The van der Waals surface area contributed by atoms with E-state index in [1.165, 1.54) is 0 Å². The zero-order valence-electron chi connectivity index (χ0n) is 10.4. The number of aliphatic hydroxyl groups is 1. The van der Waals surface area contributed by atoms with E-state index in [1.807, 2.05) is 48.5 Å². The SMILES string of the molecule is OC(c1cccc(Cl)c1)C1COc2ccccc2C1. The summed E-state index contributed by atoms with van der Waals surface area (Å²) in [6.07, 6.45) is 0.274. The molecule has 1 heterocycles. The number of halogens is 1. The lowest BCUT2D eigenvalue weighted by atomic mass is 9.88. The van der Waals surface area contributed by atoms with Crippen LogP contribution in [0.3, 0.4) is 0 Å². The van der Waals surface area contributed by atoms with Crippen molar-refractivity contribution >= 4 is 11.6 Å². The number of ether oxygens (including phenoxy) is 1. The molecule has 2 nitrogen and oxygen atoms in total. The Hall–Kier alpha value is -1.51. The van der Waals surface area contributed by atoms with E-state index in [9.17, 15) is 5.11 Å². The maximum atomic E-state index is 10.5. The first kappa shape index (κ1) is 12.5. The van der Waals surface area contributed by atoms with Crippen molar-refractivity contribution in [1.29, 1.82) is 0 Å². The van der Waals surface area contributed by atoms with Crippen molar-refractivity contribution in [2.45, 2.75) is 12.5 Å². The van der Waals surface area contributed by atoms with Crippen LogP contribution in [-0.4, -0.2) is 11.7 Å². The maximum absolute atomic E-state index is 10.5. The summed E-state index contributed by atoms with van der Waals surface area (Å²) in [5.41, 5.74) is 2.00. The molecule has 0 aromatic heterocycles. The molecule has 0 bridgehead atoms. The third-order valence-electron chi connectivity index (χ3n) is 3.54. The fourth-order valence-corrected chi connectivity index (χ4v) is 2.72. The van der Waals surface area contributed by atoms with Crippen molar-refractivity contribution in [1.82, 2.24) is 0 Å². The highest BCUT2D eigenvalue weighted by molar-refractivity contribution is 6.30. The summed E-state index contributed by atoms with van der Waals surface area (Å²) in [5.74, 6) is 0.991. The van der Waals surface area contributed by atoms with E-state index in [0.29, 0.717) is 11.6 Å². The van der Waals surface area contributed by atoms with Gasteiger partial charge in [0.15, 0.2) is 0 Å². The molecule has 0 saturated heterocycles. The molecule has 0 radical (unpaired) electrons. The van der Waals surface area contributed by atoms with Crippen molar-refractivity contribution < 1.29 is 9.84 Å². The first-order valence-corrected chi connectivity index (χ1v) is 6.76. The number of aliphatic hydroxyl groups excluding tert-OH is 1. The van der Waals surface area contributed by atoms with Gasteiger partial charge in [0.25, 0.3) is 0 Å². The van der Waals surface area contributed by atoms with Gasteiger partial charge in [-0.25, -0.2) is 0 Å². The number of hydrogen-bond donors (Lipinski definition) is 1. The standard InChI is InChI=1S/C16H15ClO2/c17-14-6-3-5-12(9-14)16(18)13-8-11-4-1-2-7-15(11)19-10-13/h1-7,9,13,16,18H,8,10H2. The molecule has 0 fully saturated rings. The Labute approximate surface area is 117 Å². The zero-order valence-corrected chi connectivity index (χ0v) is 11.2. The Morgan fingerprint density at radius 1 is 1.16 bits per heavy atom. The molecular weight excluding hydrogens is 260 g/mol. The molecule has 2 aromatic carbocycles. The number of rotatable bonds is 2. The molecule has 0 amide bonds. The van der Waals surface area contributed by atoms with Gasteiger partial charge in [-0.2, -0.15) is 0 Å². The number of hydrogen-bond acceptors (Lipinski definition) is 2. The lowest BCUT2D eigenvalue weighted by molar-refractivity contribution is 0.0645. The summed E-state index contributed by atoms with van der Waals surface area (Å²) < 4.78 is 5.72. The molecule has 0 aliphatic carbocycles. The van der Waals surface area contributed by atoms with E-state index in [0.717, 1.165) is 23.3 Å². The highest BCUT2D eigenvalue weighted by Gasteiger charge is 2.27. The Kier molecular flexibility index (Phi) is 3.45. The fourth-order valence-electron chi connectivity index (χ4n) is 2.52. The van der Waals surface area contributed by atoms with Gasteiger partial charge in [0, 0.05) is 10.9 Å². The smallest absolute Gasteiger partial charge is 0.122 e. The zero-order chi connectivity index (χ0) is 13.2. The van der Waals surface area contributed by atoms with Crippen LogP contribution in [0.15, 0.2) is 48.5 Å². The van der Waals surface area contributed by atoms with Crippen molar-refractivity contribution in [2.75, 3.05) is 6.61 Å². The summed E-state index contributed by atoms with van der Waals surface area (Å²) in [6.45, 7) is 0.532. The highest BCUT2D eigenvalue weighted by Crippen LogP contribution is 2.33. The van der Waals surface area contributed by atoms with Crippen molar-refractivity contribution in [3.8, 4) is 5.75 Å². The normalized spacial score (nSPS) is 19.4.